The summed E-state index contributed by atoms with van der Waals surface area (Å²) in [5.74, 6) is 1.48. The molecule has 0 saturated carbocycles. The van der Waals surface area contributed by atoms with Crippen molar-refractivity contribution in [3.63, 3.8) is 0 Å². The van der Waals surface area contributed by atoms with Gasteiger partial charge in [-0.05, 0) is 54.5 Å². The number of ether oxygens (including phenoxy) is 2. The molecule has 0 atom stereocenters. The number of hydrogen-bond acceptors (Lipinski definition) is 5. The van der Waals surface area contributed by atoms with Crippen LogP contribution in [0.25, 0.3) is 22.2 Å². The first kappa shape index (κ1) is 24.2. The number of carbonyl (C=O) groups excluding carboxylic acids is 1. The minimum absolute atomic E-state index is 0.172. The van der Waals surface area contributed by atoms with Gasteiger partial charge in [0.25, 0.3) is 5.91 Å². The van der Waals surface area contributed by atoms with E-state index in [0.717, 1.165) is 16.7 Å². The molecule has 0 aliphatic carbocycles. The van der Waals surface area contributed by atoms with E-state index in [1.807, 2.05) is 72.8 Å². The first-order chi connectivity index (χ1) is 16.9. The van der Waals surface area contributed by atoms with Gasteiger partial charge in [0, 0.05) is 10.9 Å². The summed E-state index contributed by atoms with van der Waals surface area (Å²) in [6, 6.07) is 24.4. The number of nitrogens with zero attached hydrogens (tertiary/aromatic N) is 1. The van der Waals surface area contributed by atoms with E-state index in [1.54, 1.807) is 13.2 Å². The van der Waals surface area contributed by atoms with Crippen molar-refractivity contribution >= 4 is 39.8 Å². The highest BCUT2D eigenvalue weighted by molar-refractivity contribution is 7.80. The smallest absolute Gasteiger partial charge is 0.258 e. The summed E-state index contributed by atoms with van der Waals surface area (Å²) < 4.78 is 11.2. The summed E-state index contributed by atoms with van der Waals surface area (Å²) in [4.78, 5) is 18.1. The van der Waals surface area contributed by atoms with Gasteiger partial charge < -0.3 is 14.8 Å². The van der Waals surface area contributed by atoms with Gasteiger partial charge in [0.15, 0.2) is 5.11 Å². The standard InChI is InChI=1S/C28H27N3O3S/c1-18(2)17-34-20-10-8-9-19(15-20)25-16-22(21-11-4-5-12-23(21)29-25)27(32)31-28(35)30-24-13-6-7-14-26(24)33-3/h4-16,18H,17H2,1-3H3,(H2,30,31,32,35). The van der Waals surface area contributed by atoms with Gasteiger partial charge in [0.2, 0.25) is 0 Å². The van der Waals surface area contributed by atoms with Crippen LogP contribution in [0.5, 0.6) is 11.5 Å². The SMILES string of the molecule is COc1ccccc1NC(=S)NC(=O)c1cc(-c2cccc(OCC(C)C)c2)nc2ccccc12. The fourth-order valence-electron chi connectivity index (χ4n) is 3.59. The van der Waals surface area contributed by atoms with Crippen molar-refractivity contribution < 1.29 is 14.3 Å². The van der Waals surface area contributed by atoms with Crippen LogP contribution in [0.15, 0.2) is 78.9 Å². The third-order valence-electron chi connectivity index (χ3n) is 5.26. The minimum Gasteiger partial charge on any atom is -0.495 e. The van der Waals surface area contributed by atoms with Gasteiger partial charge in [-0.3, -0.25) is 10.1 Å². The van der Waals surface area contributed by atoms with Crippen LogP contribution in [-0.4, -0.2) is 29.7 Å². The Kier molecular flexibility index (Phi) is 7.57. The van der Waals surface area contributed by atoms with Crippen LogP contribution in [-0.2, 0) is 0 Å². The minimum atomic E-state index is -0.329. The van der Waals surface area contributed by atoms with E-state index in [0.29, 0.717) is 40.7 Å². The van der Waals surface area contributed by atoms with Crippen molar-refractivity contribution in [1.82, 2.24) is 10.3 Å². The fraction of sp³-hybridized carbons (Fsp3) is 0.179. The molecule has 35 heavy (non-hydrogen) atoms. The number of hydrogen-bond donors (Lipinski definition) is 2. The van der Waals surface area contributed by atoms with E-state index >= 15 is 0 Å². The Balaban J connectivity index is 1.63. The monoisotopic (exact) mass is 485 g/mol. The molecule has 0 aliphatic heterocycles. The molecule has 7 heteroatoms. The van der Waals surface area contributed by atoms with Crippen LogP contribution in [0.4, 0.5) is 5.69 Å². The summed E-state index contributed by atoms with van der Waals surface area (Å²) in [5.41, 5.74) is 3.39. The van der Waals surface area contributed by atoms with Gasteiger partial charge in [0.05, 0.1) is 36.2 Å². The fourth-order valence-corrected chi connectivity index (χ4v) is 3.79. The van der Waals surface area contributed by atoms with Gasteiger partial charge in [0.1, 0.15) is 11.5 Å². The Bertz CT molecular complexity index is 1370. The molecule has 4 rings (SSSR count). The molecule has 0 saturated heterocycles. The number of amides is 1. The Morgan fingerprint density at radius 1 is 1.00 bits per heavy atom. The number of rotatable bonds is 7. The third-order valence-corrected chi connectivity index (χ3v) is 5.46. The lowest BCUT2D eigenvalue weighted by Gasteiger charge is -2.14. The highest BCUT2D eigenvalue weighted by Crippen LogP contribution is 2.28. The Morgan fingerprint density at radius 2 is 1.77 bits per heavy atom. The summed E-state index contributed by atoms with van der Waals surface area (Å²) in [6.45, 7) is 4.83. The number of para-hydroxylation sites is 3. The van der Waals surface area contributed by atoms with Crippen LogP contribution in [0, 0.1) is 5.92 Å². The van der Waals surface area contributed by atoms with Crippen LogP contribution in [0.3, 0.4) is 0 Å². The molecule has 1 aromatic heterocycles. The molecule has 3 aromatic carbocycles. The van der Waals surface area contributed by atoms with Crippen LogP contribution in [0.2, 0.25) is 0 Å². The van der Waals surface area contributed by atoms with E-state index in [2.05, 4.69) is 24.5 Å². The lowest BCUT2D eigenvalue weighted by Crippen LogP contribution is -2.34. The van der Waals surface area contributed by atoms with Crippen molar-refractivity contribution in [1.29, 1.82) is 0 Å². The molecule has 0 aliphatic rings. The highest BCUT2D eigenvalue weighted by atomic mass is 32.1. The first-order valence-corrected chi connectivity index (χ1v) is 11.7. The van der Waals surface area contributed by atoms with Crippen LogP contribution in [0.1, 0.15) is 24.2 Å². The summed E-state index contributed by atoms with van der Waals surface area (Å²) in [5, 5.41) is 6.72. The molecule has 0 spiro atoms. The average Bonchev–Trinajstić information content (AvgIpc) is 2.87. The predicted molar refractivity (Wildman–Crippen MR) is 144 cm³/mol. The largest absolute Gasteiger partial charge is 0.495 e. The maximum absolute atomic E-state index is 13.3. The number of fused-ring (bicyclic) bond motifs is 1. The van der Waals surface area contributed by atoms with Crippen molar-refractivity contribution in [2.45, 2.75) is 13.8 Å². The summed E-state index contributed by atoms with van der Waals surface area (Å²) in [7, 11) is 1.58. The normalized spacial score (nSPS) is 10.7. The summed E-state index contributed by atoms with van der Waals surface area (Å²) in [6.07, 6.45) is 0. The zero-order valence-electron chi connectivity index (χ0n) is 19.9. The molecule has 0 fully saturated rings. The molecule has 0 bridgehead atoms. The second kappa shape index (κ2) is 11.0. The molecule has 0 radical (unpaired) electrons. The van der Waals surface area contributed by atoms with Crippen LogP contribution >= 0.6 is 12.2 Å². The number of thiocarbonyl (C=S) groups is 1. The van der Waals surface area contributed by atoms with Crippen molar-refractivity contribution in [2.24, 2.45) is 5.92 Å². The molecule has 6 nitrogen and oxygen atoms in total. The zero-order valence-corrected chi connectivity index (χ0v) is 20.7. The topological polar surface area (TPSA) is 72.5 Å². The van der Waals surface area contributed by atoms with Crippen molar-refractivity contribution in [3.8, 4) is 22.8 Å². The van der Waals surface area contributed by atoms with Crippen LogP contribution < -0.4 is 20.1 Å². The summed E-state index contributed by atoms with van der Waals surface area (Å²) >= 11 is 5.41. The van der Waals surface area contributed by atoms with E-state index in [-0.39, 0.29) is 11.0 Å². The van der Waals surface area contributed by atoms with Crippen molar-refractivity contribution in [3.05, 3.63) is 84.4 Å². The number of nitrogens with one attached hydrogen (secondary N) is 2. The van der Waals surface area contributed by atoms with Gasteiger partial charge in [-0.1, -0.05) is 56.3 Å². The average molecular weight is 486 g/mol. The number of carbonyl (C=O) groups is 1. The number of methoxy groups -OCH3 is 1. The van der Waals surface area contributed by atoms with Gasteiger partial charge in [-0.15, -0.1) is 0 Å². The number of benzene rings is 3. The quantitative estimate of drug-likeness (QED) is 0.310. The lowest BCUT2D eigenvalue weighted by atomic mass is 10.0. The van der Waals surface area contributed by atoms with Gasteiger partial charge in [-0.2, -0.15) is 0 Å². The molecule has 0 unspecified atom stereocenters. The number of anilines is 1. The predicted octanol–water partition coefficient (Wildman–Crippen LogP) is 6.07. The van der Waals surface area contributed by atoms with Gasteiger partial charge >= 0.3 is 0 Å². The lowest BCUT2D eigenvalue weighted by molar-refractivity contribution is 0.0979. The van der Waals surface area contributed by atoms with E-state index < -0.39 is 0 Å². The maximum Gasteiger partial charge on any atom is 0.258 e. The molecule has 2 N–H and O–H groups in total. The molecule has 1 heterocycles. The maximum atomic E-state index is 13.3. The molecule has 178 valence electrons. The molecular weight excluding hydrogens is 458 g/mol. The first-order valence-electron chi connectivity index (χ1n) is 11.3. The van der Waals surface area contributed by atoms with Crippen molar-refractivity contribution in [2.75, 3.05) is 19.0 Å². The highest BCUT2D eigenvalue weighted by Gasteiger charge is 2.16. The Morgan fingerprint density at radius 3 is 2.57 bits per heavy atom. The molecular formula is C28H27N3O3S. The third kappa shape index (κ3) is 5.94. The Labute approximate surface area is 210 Å². The second-order valence-electron chi connectivity index (χ2n) is 8.41. The molecule has 4 aromatic rings. The Hall–Kier alpha value is -3.97. The number of aromatic nitrogens is 1. The molecule has 1 amide bonds. The van der Waals surface area contributed by atoms with Gasteiger partial charge in [-0.25, -0.2) is 4.98 Å². The van der Waals surface area contributed by atoms with E-state index in [1.165, 1.54) is 0 Å². The van der Waals surface area contributed by atoms with E-state index in [9.17, 15) is 4.79 Å². The number of pyridine rings is 1. The van der Waals surface area contributed by atoms with E-state index in [4.69, 9.17) is 26.7 Å². The zero-order chi connectivity index (χ0) is 24.8. The second-order valence-corrected chi connectivity index (χ2v) is 8.82.